The summed E-state index contributed by atoms with van der Waals surface area (Å²) in [5.74, 6) is -1.57. The second-order valence-corrected chi connectivity index (χ2v) is 10.4. The van der Waals surface area contributed by atoms with Gasteiger partial charge in [-0.15, -0.1) is 0 Å². The summed E-state index contributed by atoms with van der Waals surface area (Å²) in [6, 6.07) is 14.0. The number of amides is 3. The average Bonchev–Trinajstić information content (AvgIpc) is 3.45. The highest BCUT2D eigenvalue weighted by Gasteiger charge is 2.36. The van der Waals surface area contributed by atoms with Gasteiger partial charge >= 0.3 is 12.2 Å². The molecule has 232 valence electrons. The van der Waals surface area contributed by atoms with Crippen molar-refractivity contribution in [2.45, 2.75) is 18.6 Å². The third-order valence-corrected chi connectivity index (χ3v) is 7.47. The van der Waals surface area contributed by atoms with Crippen LogP contribution in [-0.4, -0.2) is 78.4 Å². The molecule has 0 aliphatic carbocycles. The largest absolute Gasteiger partial charge is 0.416 e. The molecule has 5 rings (SSSR count). The van der Waals surface area contributed by atoms with Gasteiger partial charge in [0.2, 0.25) is 0 Å². The molecule has 13 heteroatoms. The Labute approximate surface area is 250 Å². The minimum Gasteiger partial charge on any atom is -0.379 e. The zero-order valence-corrected chi connectivity index (χ0v) is 23.6. The van der Waals surface area contributed by atoms with Gasteiger partial charge < -0.3 is 15.0 Å². The fraction of sp³-hybridized carbons (Fsp3) is 0.323. The summed E-state index contributed by atoms with van der Waals surface area (Å²) in [5.41, 5.74) is 0.496. The van der Waals surface area contributed by atoms with Crippen LogP contribution in [0.25, 0.3) is 0 Å². The van der Waals surface area contributed by atoms with Crippen LogP contribution < -0.4 is 5.32 Å². The van der Waals surface area contributed by atoms with Crippen LogP contribution in [0.4, 0.5) is 32.4 Å². The fourth-order valence-corrected chi connectivity index (χ4v) is 5.06. The number of morpholine rings is 1. The molecular formula is C31H30F5N5O3. The van der Waals surface area contributed by atoms with Crippen molar-refractivity contribution >= 4 is 23.3 Å². The first-order valence-corrected chi connectivity index (χ1v) is 14.0. The summed E-state index contributed by atoms with van der Waals surface area (Å²) >= 11 is 0. The van der Waals surface area contributed by atoms with Gasteiger partial charge in [0.15, 0.2) is 0 Å². The highest BCUT2D eigenvalue weighted by Crippen LogP contribution is 2.34. The number of benzene rings is 3. The van der Waals surface area contributed by atoms with Crippen LogP contribution in [-0.2, 0) is 15.7 Å². The van der Waals surface area contributed by atoms with Crippen molar-refractivity contribution in [1.82, 2.24) is 14.8 Å². The molecule has 1 atom stereocenters. The number of anilines is 1. The van der Waals surface area contributed by atoms with E-state index in [0.717, 1.165) is 29.3 Å². The standard InChI is InChI=1S/C31H30F5N5O3/c32-23-9-5-21(6-10-23)27-19-28(25-3-1-2-4-26(25)33)41(38-27)29(42)20-40(14-13-39-15-17-44-18-16-39)30(43)37-24-11-7-22(8-12-24)31(34,35)36/h1-12,28H,13-20H2,(H,37,43)/t28-/m0/s1. The van der Waals surface area contributed by atoms with Crippen LogP contribution in [0.15, 0.2) is 77.9 Å². The lowest BCUT2D eigenvalue weighted by molar-refractivity contribution is -0.137. The Bertz CT molecular complexity index is 1490. The number of carbonyl (C=O) groups is 2. The molecule has 8 nitrogen and oxygen atoms in total. The van der Waals surface area contributed by atoms with Crippen LogP contribution in [0.3, 0.4) is 0 Å². The molecule has 3 aromatic rings. The van der Waals surface area contributed by atoms with Crippen LogP contribution in [0.1, 0.15) is 29.2 Å². The van der Waals surface area contributed by atoms with E-state index < -0.39 is 47.9 Å². The minimum absolute atomic E-state index is 0.116. The van der Waals surface area contributed by atoms with Gasteiger partial charge in [-0.1, -0.05) is 30.3 Å². The molecule has 1 N–H and O–H groups in total. The number of nitrogens with one attached hydrogen (secondary N) is 1. The van der Waals surface area contributed by atoms with Gasteiger partial charge in [0, 0.05) is 43.9 Å². The Hall–Kier alpha value is -4.36. The molecule has 1 saturated heterocycles. The van der Waals surface area contributed by atoms with Gasteiger partial charge in [0.05, 0.1) is 30.5 Å². The number of halogens is 5. The summed E-state index contributed by atoms with van der Waals surface area (Å²) in [5, 5.41) is 8.20. The Morgan fingerprint density at radius 1 is 0.955 bits per heavy atom. The maximum absolute atomic E-state index is 14.9. The molecule has 2 aliphatic rings. The molecule has 2 heterocycles. The first kappa shape index (κ1) is 31.1. The van der Waals surface area contributed by atoms with Gasteiger partial charge in [0.1, 0.15) is 18.2 Å². The van der Waals surface area contributed by atoms with E-state index in [2.05, 4.69) is 15.3 Å². The molecule has 0 aromatic heterocycles. The van der Waals surface area contributed by atoms with E-state index in [9.17, 15) is 31.5 Å². The predicted molar refractivity (Wildman–Crippen MR) is 153 cm³/mol. The summed E-state index contributed by atoms with van der Waals surface area (Å²) in [4.78, 5) is 30.5. The number of urea groups is 1. The number of rotatable bonds is 8. The average molecular weight is 616 g/mol. The van der Waals surface area contributed by atoms with E-state index >= 15 is 0 Å². The SMILES string of the molecule is O=C(Nc1ccc(C(F)(F)F)cc1)N(CCN1CCOCC1)CC(=O)N1N=C(c2ccc(F)cc2)C[C@H]1c1ccccc1F. The first-order valence-electron chi connectivity index (χ1n) is 14.0. The molecule has 0 unspecified atom stereocenters. The smallest absolute Gasteiger partial charge is 0.379 e. The van der Waals surface area contributed by atoms with E-state index in [1.165, 1.54) is 41.3 Å². The second-order valence-electron chi connectivity index (χ2n) is 10.4. The number of nitrogens with zero attached hydrogens (tertiary/aromatic N) is 4. The van der Waals surface area contributed by atoms with Gasteiger partial charge in [0.25, 0.3) is 5.91 Å². The van der Waals surface area contributed by atoms with Crippen molar-refractivity contribution in [3.63, 3.8) is 0 Å². The van der Waals surface area contributed by atoms with Crippen molar-refractivity contribution in [3.05, 3.63) is 101 Å². The van der Waals surface area contributed by atoms with E-state index in [1.54, 1.807) is 12.1 Å². The molecule has 0 bridgehead atoms. The summed E-state index contributed by atoms with van der Waals surface area (Å²) in [6.45, 7) is 2.40. The maximum atomic E-state index is 14.9. The number of hydrazone groups is 1. The van der Waals surface area contributed by atoms with E-state index in [4.69, 9.17) is 4.74 Å². The number of ether oxygens (including phenoxy) is 1. The van der Waals surface area contributed by atoms with Crippen molar-refractivity contribution in [2.24, 2.45) is 5.10 Å². The molecule has 0 radical (unpaired) electrons. The van der Waals surface area contributed by atoms with Crippen molar-refractivity contribution < 1.29 is 36.3 Å². The second kappa shape index (κ2) is 13.5. The molecular weight excluding hydrogens is 585 g/mol. The highest BCUT2D eigenvalue weighted by molar-refractivity contribution is 6.03. The number of alkyl halides is 3. The zero-order valence-electron chi connectivity index (χ0n) is 23.6. The van der Waals surface area contributed by atoms with Crippen molar-refractivity contribution in [2.75, 3.05) is 51.3 Å². The maximum Gasteiger partial charge on any atom is 0.416 e. The van der Waals surface area contributed by atoms with Crippen LogP contribution in [0, 0.1) is 11.6 Å². The number of hydrogen-bond acceptors (Lipinski definition) is 5. The molecule has 0 saturated carbocycles. The molecule has 0 spiro atoms. The predicted octanol–water partition coefficient (Wildman–Crippen LogP) is 5.53. The minimum atomic E-state index is -4.53. The molecule has 44 heavy (non-hydrogen) atoms. The monoisotopic (exact) mass is 615 g/mol. The van der Waals surface area contributed by atoms with E-state index in [-0.39, 0.29) is 24.2 Å². The Balaban J connectivity index is 1.38. The van der Waals surface area contributed by atoms with Gasteiger partial charge in [-0.05, 0) is 48.0 Å². The van der Waals surface area contributed by atoms with Crippen LogP contribution in [0.2, 0.25) is 0 Å². The Kier molecular flexibility index (Phi) is 9.55. The molecule has 2 aliphatic heterocycles. The third-order valence-electron chi connectivity index (χ3n) is 7.47. The lowest BCUT2D eigenvalue weighted by atomic mass is 9.98. The summed E-state index contributed by atoms with van der Waals surface area (Å²) < 4.78 is 72.9. The number of carbonyl (C=O) groups excluding carboxylic acids is 2. The zero-order chi connectivity index (χ0) is 31.3. The van der Waals surface area contributed by atoms with Gasteiger partial charge in [-0.3, -0.25) is 9.69 Å². The Morgan fingerprint density at radius 2 is 1.64 bits per heavy atom. The fourth-order valence-electron chi connectivity index (χ4n) is 5.06. The summed E-state index contributed by atoms with van der Waals surface area (Å²) in [7, 11) is 0. The molecule has 1 fully saturated rings. The molecule has 3 aromatic carbocycles. The van der Waals surface area contributed by atoms with Crippen LogP contribution >= 0.6 is 0 Å². The van der Waals surface area contributed by atoms with Crippen molar-refractivity contribution in [3.8, 4) is 0 Å². The van der Waals surface area contributed by atoms with Crippen LogP contribution in [0.5, 0.6) is 0 Å². The van der Waals surface area contributed by atoms with Crippen molar-refractivity contribution in [1.29, 1.82) is 0 Å². The quantitative estimate of drug-likeness (QED) is 0.339. The summed E-state index contributed by atoms with van der Waals surface area (Å²) in [6.07, 6.45) is -4.37. The van der Waals surface area contributed by atoms with E-state index in [1.807, 2.05) is 0 Å². The first-order chi connectivity index (χ1) is 21.1. The third kappa shape index (κ3) is 7.58. The van der Waals surface area contributed by atoms with E-state index in [0.29, 0.717) is 44.1 Å². The topological polar surface area (TPSA) is 77.5 Å². The molecule has 3 amide bonds. The Morgan fingerprint density at radius 3 is 2.30 bits per heavy atom. The lowest BCUT2D eigenvalue weighted by Gasteiger charge is -2.31. The van der Waals surface area contributed by atoms with Gasteiger partial charge in [-0.2, -0.15) is 18.3 Å². The number of hydrogen-bond donors (Lipinski definition) is 1. The normalized spacial score (nSPS) is 17.3. The van der Waals surface area contributed by atoms with Gasteiger partial charge in [-0.25, -0.2) is 18.6 Å². The lowest BCUT2D eigenvalue weighted by Crippen LogP contribution is -2.47. The highest BCUT2D eigenvalue weighted by atomic mass is 19.4.